The zero-order valence-corrected chi connectivity index (χ0v) is 12.6. The van der Waals surface area contributed by atoms with Gasteiger partial charge in [0.05, 0.1) is 0 Å². The average Bonchev–Trinajstić information content (AvgIpc) is 2.86. The van der Waals surface area contributed by atoms with Crippen LogP contribution >= 0.6 is 23.4 Å². The highest BCUT2D eigenvalue weighted by Gasteiger charge is 2.10. The maximum Gasteiger partial charge on any atom is 0.191 e. The molecule has 0 aliphatic carbocycles. The van der Waals surface area contributed by atoms with Crippen LogP contribution in [0.4, 0.5) is 4.39 Å². The molecule has 0 radical (unpaired) electrons. The number of rotatable bonds is 7. The summed E-state index contributed by atoms with van der Waals surface area (Å²) in [6.45, 7) is 1.45. The minimum absolute atomic E-state index is 0.296. The van der Waals surface area contributed by atoms with Crippen LogP contribution < -0.4 is 0 Å². The first-order chi connectivity index (χ1) is 9.72. The van der Waals surface area contributed by atoms with E-state index < -0.39 is 0 Å². The molecule has 0 fully saturated rings. The first kappa shape index (κ1) is 15.3. The van der Waals surface area contributed by atoms with Gasteiger partial charge in [-0.2, -0.15) is 0 Å². The highest BCUT2D eigenvalue weighted by atomic mass is 35.5. The van der Waals surface area contributed by atoms with Crippen molar-refractivity contribution in [2.75, 3.05) is 13.7 Å². The van der Waals surface area contributed by atoms with Crippen molar-refractivity contribution in [2.45, 2.75) is 23.9 Å². The number of hydrogen-bond acceptors (Lipinski definition) is 4. The Morgan fingerprint density at radius 1 is 1.45 bits per heavy atom. The Kier molecular flexibility index (Phi) is 5.82. The summed E-state index contributed by atoms with van der Waals surface area (Å²) in [6, 6.07) is 4.69. The van der Waals surface area contributed by atoms with Crippen LogP contribution in [0.25, 0.3) is 0 Å². The summed E-state index contributed by atoms with van der Waals surface area (Å²) in [5.41, 5.74) is 0.491. The van der Waals surface area contributed by atoms with E-state index in [1.807, 2.05) is 4.57 Å². The first-order valence-electron chi connectivity index (χ1n) is 6.15. The van der Waals surface area contributed by atoms with Crippen molar-refractivity contribution in [3.8, 4) is 0 Å². The Labute approximate surface area is 126 Å². The van der Waals surface area contributed by atoms with E-state index in [9.17, 15) is 4.39 Å². The lowest BCUT2D eigenvalue weighted by Gasteiger charge is -2.07. The summed E-state index contributed by atoms with van der Waals surface area (Å²) in [5, 5.41) is 9.11. The van der Waals surface area contributed by atoms with Crippen molar-refractivity contribution in [3.05, 3.63) is 40.9 Å². The van der Waals surface area contributed by atoms with Crippen LogP contribution in [0.2, 0.25) is 5.02 Å². The molecular formula is C13H15ClFN3OS. The van der Waals surface area contributed by atoms with E-state index in [0.717, 1.165) is 18.1 Å². The van der Waals surface area contributed by atoms with Gasteiger partial charge in [0.25, 0.3) is 0 Å². The molecule has 1 heterocycles. The molecule has 1 aromatic heterocycles. The molecular weight excluding hydrogens is 301 g/mol. The monoisotopic (exact) mass is 315 g/mol. The SMILES string of the molecule is COCCCn1cnnc1SCc1c(F)cccc1Cl. The maximum atomic E-state index is 13.7. The van der Waals surface area contributed by atoms with Gasteiger partial charge < -0.3 is 9.30 Å². The fourth-order valence-corrected chi connectivity index (χ4v) is 2.98. The van der Waals surface area contributed by atoms with E-state index in [1.54, 1.807) is 25.6 Å². The van der Waals surface area contributed by atoms with Gasteiger partial charge in [-0.1, -0.05) is 29.4 Å². The van der Waals surface area contributed by atoms with Gasteiger partial charge in [0, 0.05) is 36.6 Å². The predicted molar refractivity (Wildman–Crippen MR) is 77.5 cm³/mol. The molecule has 108 valence electrons. The van der Waals surface area contributed by atoms with Crippen LogP contribution in [-0.2, 0) is 17.0 Å². The normalized spacial score (nSPS) is 10.9. The minimum Gasteiger partial charge on any atom is -0.385 e. The van der Waals surface area contributed by atoms with E-state index in [-0.39, 0.29) is 5.82 Å². The molecule has 0 atom stereocenters. The van der Waals surface area contributed by atoms with Gasteiger partial charge in [0.1, 0.15) is 12.1 Å². The van der Waals surface area contributed by atoms with Crippen molar-refractivity contribution in [1.29, 1.82) is 0 Å². The summed E-state index contributed by atoms with van der Waals surface area (Å²) in [7, 11) is 1.67. The number of halogens is 2. The smallest absolute Gasteiger partial charge is 0.191 e. The Balaban J connectivity index is 1.99. The Morgan fingerprint density at radius 3 is 3.05 bits per heavy atom. The van der Waals surface area contributed by atoms with Crippen molar-refractivity contribution in [2.24, 2.45) is 0 Å². The van der Waals surface area contributed by atoms with Crippen molar-refractivity contribution in [3.63, 3.8) is 0 Å². The Hall–Kier alpha value is -1.11. The van der Waals surface area contributed by atoms with Crippen molar-refractivity contribution in [1.82, 2.24) is 14.8 Å². The molecule has 0 spiro atoms. The molecule has 1 aromatic carbocycles. The summed E-state index contributed by atoms with van der Waals surface area (Å²) < 4.78 is 20.6. The highest BCUT2D eigenvalue weighted by Crippen LogP contribution is 2.27. The molecule has 4 nitrogen and oxygen atoms in total. The molecule has 0 amide bonds. The molecule has 20 heavy (non-hydrogen) atoms. The van der Waals surface area contributed by atoms with Gasteiger partial charge in [0.15, 0.2) is 5.16 Å². The van der Waals surface area contributed by atoms with E-state index >= 15 is 0 Å². The molecule has 2 aromatic rings. The quantitative estimate of drug-likeness (QED) is 0.580. The zero-order valence-electron chi connectivity index (χ0n) is 11.1. The third-order valence-corrected chi connectivity index (χ3v) is 4.10. The van der Waals surface area contributed by atoms with E-state index in [2.05, 4.69) is 10.2 Å². The van der Waals surface area contributed by atoms with Gasteiger partial charge >= 0.3 is 0 Å². The molecule has 0 N–H and O–H groups in total. The molecule has 0 unspecified atom stereocenters. The Morgan fingerprint density at radius 2 is 2.30 bits per heavy atom. The predicted octanol–water partition coefficient (Wildman–Crippen LogP) is 3.40. The molecule has 0 saturated heterocycles. The summed E-state index contributed by atoms with van der Waals surface area (Å²) in [6.07, 6.45) is 2.55. The van der Waals surface area contributed by atoms with Crippen molar-refractivity contribution >= 4 is 23.4 Å². The number of hydrogen-bond donors (Lipinski definition) is 0. The van der Waals surface area contributed by atoms with Crippen LogP contribution in [0.5, 0.6) is 0 Å². The molecule has 2 rings (SSSR count). The van der Waals surface area contributed by atoms with E-state index in [0.29, 0.717) is 22.9 Å². The van der Waals surface area contributed by atoms with Gasteiger partial charge in [-0.25, -0.2) is 4.39 Å². The molecule has 0 aliphatic heterocycles. The molecule has 0 bridgehead atoms. The second-order valence-electron chi connectivity index (χ2n) is 4.14. The second-order valence-corrected chi connectivity index (χ2v) is 5.49. The lowest BCUT2D eigenvalue weighted by molar-refractivity contribution is 0.189. The average molecular weight is 316 g/mol. The number of nitrogens with zero attached hydrogens (tertiary/aromatic N) is 3. The number of methoxy groups -OCH3 is 1. The summed E-state index contributed by atoms with van der Waals surface area (Å²) in [4.78, 5) is 0. The topological polar surface area (TPSA) is 39.9 Å². The van der Waals surface area contributed by atoms with Gasteiger partial charge in [0.2, 0.25) is 0 Å². The van der Waals surface area contributed by atoms with Crippen LogP contribution in [-0.4, -0.2) is 28.5 Å². The van der Waals surface area contributed by atoms with Gasteiger partial charge in [-0.15, -0.1) is 10.2 Å². The molecule has 7 heteroatoms. The van der Waals surface area contributed by atoms with Crippen LogP contribution in [0.3, 0.4) is 0 Å². The third-order valence-electron chi connectivity index (χ3n) is 2.73. The molecule has 0 saturated carbocycles. The fraction of sp³-hybridized carbons (Fsp3) is 0.385. The maximum absolute atomic E-state index is 13.7. The standard InChI is InChI=1S/C13H15ClFN3OS/c1-19-7-3-6-18-9-16-17-13(18)20-8-10-11(14)4-2-5-12(10)15/h2,4-5,9H,3,6-8H2,1H3. The number of aryl methyl sites for hydroxylation is 1. The zero-order chi connectivity index (χ0) is 14.4. The number of thioether (sulfide) groups is 1. The van der Waals surface area contributed by atoms with Gasteiger partial charge in [-0.3, -0.25) is 0 Å². The second kappa shape index (κ2) is 7.61. The van der Waals surface area contributed by atoms with Gasteiger partial charge in [-0.05, 0) is 18.6 Å². The van der Waals surface area contributed by atoms with Crippen LogP contribution in [0.15, 0.2) is 29.7 Å². The largest absolute Gasteiger partial charge is 0.385 e. The fourth-order valence-electron chi connectivity index (χ4n) is 1.70. The number of aromatic nitrogens is 3. The van der Waals surface area contributed by atoms with Crippen LogP contribution in [0.1, 0.15) is 12.0 Å². The third kappa shape index (κ3) is 3.94. The van der Waals surface area contributed by atoms with E-state index in [4.69, 9.17) is 16.3 Å². The number of benzene rings is 1. The lowest BCUT2D eigenvalue weighted by atomic mass is 10.2. The minimum atomic E-state index is -0.296. The summed E-state index contributed by atoms with van der Waals surface area (Å²) >= 11 is 7.42. The first-order valence-corrected chi connectivity index (χ1v) is 7.51. The van der Waals surface area contributed by atoms with E-state index in [1.165, 1.54) is 17.8 Å². The van der Waals surface area contributed by atoms with Crippen molar-refractivity contribution < 1.29 is 9.13 Å². The number of ether oxygens (including phenoxy) is 1. The molecule has 0 aliphatic rings. The Bertz CT molecular complexity index is 544. The summed E-state index contributed by atoms with van der Waals surface area (Å²) in [5.74, 6) is 0.129. The highest BCUT2D eigenvalue weighted by molar-refractivity contribution is 7.98. The van der Waals surface area contributed by atoms with Crippen LogP contribution in [0, 0.1) is 5.82 Å². The lowest BCUT2D eigenvalue weighted by Crippen LogP contribution is -2.02.